The van der Waals surface area contributed by atoms with Crippen molar-refractivity contribution in [1.82, 2.24) is 14.6 Å². The summed E-state index contributed by atoms with van der Waals surface area (Å²) in [7, 11) is -3.32. The monoisotopic (exact) mass is 533 g/mol. The summed E-state index contributed by atoms with van der Waals surface area (Å²) >= 11 is 0. The number of halogens is 2. The van der Waals surface area contributed by atoms with Gasteiger partial charge >= 0.3 is 25.3 Å². The highest BCUT2D eigenvalue weighted by molar-refractivity contribution is 7.52. The van der Waals surface area contributed by atoms with Crippen LogP contribution in [0.3, 0.4) is 0 Å². The van der Waals surface area contributed by atoms with Crippen molar-refractivity contribution >= 4 is 13.7 Å². The van der Waals surface area contributed by atoms with E-state index in [1.54, 1.807) is 32.0 Å². The first-order chi connectivity index (χ1) is 16.9. The Morgan fingerprint density at radius 2 is 1.94 bits per heavy atom. The summed E-state index contributed by atoms with van der Waals surface area (Å²) in [6.07, 6.45) is -5.74. The predicted octanol–water partition coefficient (Wildman–Crippen LogP) is 1.42. The molecule has 3 N–H and O–H groups in total. The van der Waals surface area contributed by atoms with E-state index in [0.29, 0.717) is 4.57 Å². The normalized spacial score (nSPS) is 23.7. The van der Waals surface area contributed by atoms with Crippen LogP contribution in [0.15, 0.2) is 52.2 Å². The molecule has 15 heteroatoms. The number of carbonyl (C=O) groups excluding carboxylic acids is 1. The first kappa shape index (κ1) is 27.7. The van der Waals surface area contributed by atoms with Crippen LogP contribution < -0.4 is 20.9 Å². The molecule has 0 bridgehead atoms. The Morgan fingerprint density at radius 3 is 2.53 bits per heavy atom. The zero-order valence-corrected chi connectivity index (χ0v) is 20.4. The number of aromatic amines is 1. The molecule has 1 unspecified atom stereocenters. The molecule has 3 rings (SSSR count). The minimum absolute atomic E-state index is 0.0802. The summed E-state index contributed by atoms with van der Waals surface area (Å²) in [5.41, 5.74) is -1.99. The summed E-state index contributed by atoms with van der Waals surface area (Å²) in [6.45, 7) is 2.39. The first-order valence-corrected chi connectivity index (χ1v) is 12.3. The molecule has 2 heterocycles. The SMILES string of the molecule is COC(=O)[C@@H](NP(=O)(OC[C@H]1O[C@@H](n2ccc(=O)[nH]c2=O)C(F)(F)[C@@H]1O)Oc1ccccc1)C(C)C. The van der Waals surface area contributed by atoms with Crippen LogP contribution in [0.5, 0.6) is 5.75 Å². The predicted molar refractivity (Wildman–Crippen MR) is 121 cm³/mol. The van der Waals surface area contributed by atoms with Gasteiger partial charge in [-0.15, -0.1) is 0 Å². The summed E-state index contributed by atoms with van der Waals surface area (Å²) < 4.78 is 64.3. The smallest absolute Gasteiger partial charge is 0.459 e. The fourth-order valence-electron chi connectivity index (χ4n) is 3.37. The van der Waals surface area contributed by atoms with Gasteiger partial charge in [0.2, 0.25) is 6.23 Å². The number of hydrogen-bond donors (Lipinski definition) is 3. The van der Waals surface area contributed by atoms with E-state index in [9.17, 15) is 32.8 Å². The summed E-state index contributed by atoms with van der Waals surface area (Å²) in [6, 6.07) is 7.41. The summed E-state index contributed by atoms with van der Waals surface area (Å²) in [5, 5.41) is 12.7. The van der Waals surface area contributed by atoms with Crippen molar-refractivity contribution in [2.75, 3.05) is 13.7 Å². The lowest BCUT2D eigenvalue weighted by Gasteiger charge is -2.27. The second kappa shape index (κ2) is 11.0. The van der Waals surface area contributed by atoms with E-state index in [-0.39, 0.29) is 5.75 Å². The van der Waals surface area contributed by atoms with E-state index >= 15 is 0 Å². The van der Waals surface area contributed by atoms with Crippen molar-refractivity contribution < 1.29 is 41.8 Å². The van der Waals surface area contributed by atoms with Crippen LogP contribution in [0, 0.1) is 5.92 Å². The Bertz CT molecular complexity index is 1220. The molecule has 1 aliphatic heterocycles. The van der Waals surface area contributed by atoms with E-state index in [2.05, 4.69) is 5.09 Å². The molecule has 36 heavy (non-hydrogen) atoms. The highest BCUT2D eigenvalue weighted by atomic mass is 31.2. The van der Waals surface area contributed by atoms with Gasteiger partial charge in [-0.3, -0.25) is 23.7 Å². The van der Waals surface area contributed by atoms with E-state index in [4.69, 9.17) is 18.5 Å². The largest absolute Gasteiger partial charge is 0.468 e. The lowest BCUT2D eigenvalue weighted by molar-refractivity contribution is -0.143. The molecular formula is C21H26F2N3O9P. The number of hydrogen-bond acceptors (Lipinski definition) is 9. The van der Waals surface area contributed by atoms with Crippen LogP contribution in [0.1, 0.15) is 20.1 Å². The number of nitrogens with zero attached hydrogens (tertiary/aromatic N) is 1. The van der Waals surface area contributed by atoms with Crippen molar-refractivity contribution in [3.63, 3.8) is 0 Å². The number of H-pyrrole nitrogens is 1. The van der Waals surface area contributed by atoms with Gasteiger partial charge in [0, 0.05) is 12.3 Å². The molecule has 0 spiro atoms. The van der Waals surface area contributed by atoms with E-state index in [0.717, 1.165) is 19.4 Å². The number of esters is 1. The number of alkyl halides is 2. The number of benzene rings is 1. The van der Waals surface area contributed by atoms with Crippen LogP contribution in [-0.2, 0) is 23.4 Å². The third kappa shape index (κ3) is 6.08. The number of ether oxygens (including phenoxy) is 2. The van der Waals surface area contributed by atoms with Crippen LogP contribution in [0.2, 0.25) is 0 Å². The highest BCUT2D eigenvalue weighted by Gasteiger charge is 2.60. The molecule has 2 aromatic rings. The van der Waals surface area contributed by atoms with Gasteiger partial charge in [-0.05, 0) is 18.1 Å². The number of aromatic nitrogens is 2. The van der Waals surface area contributed by atoms with E-state index < -0.39 is 67.9 Å². The van der Waals surface area contributed by atoms with Gasteiger partial charge in [-0.2, -0.15) is 13.9 Å². The van der Waals surface area contributed by atoms with Gasteiger partial charge in [0.15, 0.2) is 6.10 Å². The Balaban J connectivity index is 1.85. The quantitative estimate of drug-likeness (QED) is 0.301. The molecular weight excluding hydrogens is 507 g/mol. The molecule has 1 aromatic carbocycles. The number of aliphatic hydroxyl groups excluding tert-OH is 1. The average Bonchev–Trinajstić information content (AvgIpc) is 3.05. The number of methoxy groups -OCH3 is 1. The fraction of sp³-hybridized carbons (Fsp3) is 0.476. The van der Waals surface area contributed by atoms with Crippen LogP contribution in [-0.4, -0.2) is 58.5 Å². The Hall–Kier alpha value is -2.90. The maximum Gasteiger partial charge on any atom is 0.459 e. The lowest BCUT2D eigenvalue weighted by atomic mass is 10.1. The number of carbonyl (C=O) groups is 1. The molecule has 5 atom stereocenters. The minimum Gasteiger partial charge on any atom is -0.468 e. The molecule has 0 saturated carbocycles. The van der Waals surface area contributed by atoms with Gasteiger partial charge < -0.3 is 19.1 Å². The van der Waals surface area contributed by atoms with Gasteiger partial charge in [0.05, 0.1) is 13.7 Å². The number of para-hydroxylation sites is 1. The molecule has 0 aliphatic carbocycles. The third-order valence-electron chi connectivity index (χ3n) is 5.28. The van der Waals surface area contributed by atoms with Gasteiger partial charge in [-0.1, -0.05) is 32.0 Å². The van der Waals surface area contributed by atoms with Crippen LogP contribution >= 0.6 is 7.75 Å². The standard InChI is InChI=1S/C21H26F2N3O9P/c1-12(2)16(18(29)32-3)25-36(31,35-13-7-5-4-6-8-13)33-11-14-17(28)21(22,23)19(34-14)26-10-9-15(27)24-20(26)30/h4-10,12,14,16-17,19,28H,11H2,1-3H3,(H,25,31)(H,24,27,30)/t14-,16+,17-,19-,36?/m1/s1. The summed E-state index contributed by atoms with van der Waals surface area (Å²) in [4.78, 5) is 37.3. The van der Waals surface area contributed by atoms with Crippen LogP contribution in [0.4, 0.5) is 8.78 Å². The molecule has 1 aliphatic rings. The molecule has 12 nitrogen and oxygen atoms in total. The molecule has 0 amide bonds. The van der Waals surface area contributed by atoms with Crippen LogP contribution in [0.25, 0.3) is 0 Å². The van der Waals surface area contributed by atoms with Gasteiger partial charge in [0.1, 0.15) is 17.9 Å². The Kier molecular flexibility index (Phi) is 8.47. The Morgan fingerprint density at radius 1 is 1.28 bits per heavy atom. The molecule has 1 aromatic heterocycles. The molecule has 1 fully saturated rings. The highest BCUT2D eigenvalue weighted by Crippen LogP contribution is 2.48. The topological polar surface area (TPSA) is 158 Å². The van der Waals surface area contributed by atoms with Gasteiger partial charge in [-0.25, -0.2) is 9.36 Å². The number of aliphatic hydroxyl groups is 1. The number of rotatable bonds is 10. The Labute approximate surface area is 203 Å². The van der Waals surface area contributed by atoms with E-state index in [1.165, 1.54) is 12.1 Å². The average molecular weight is 533 g/mol. The van der Waals surface area contributed by atoms with Crippen molar-refractivity contribution in [2.45, 2.75) is 44.2 Å². The zero-order chi connectivity index (χ0) is 26.7. The minimum atomic E-state index is -4.45. The molecule has 198 valence electrons. The van der Waals surface area contributed by atoms with Crippen molar-refractivity contribution in [3.05, 3.63) is 63.4 Å². The second-order valence-corrected chi connectivity index (χ2v) is 9.93. The third-order valence-corrected chi connectivity index (χ3v) is 6.81. The van der Waals surface area contributed by atoms with Gasteiger partial charge in [0.25, 0.3) is 5.56 Å². The first-order valence-electron chi connectivity index (χ1n) is 10.8. The van der Waals surface area contributed by atoms with Crippen molar-refractivity contribution in [3.8, 4) is 5.75 Å². The second-order valence-electron chi connectivity index (χ2n) is 8.24. The molecule has 0 radical (unpaired) electrons. The maximum atomic E-state index is 14.8. The summed E-state index contributed by atoms with van der Waals surface area (Å²) in [5.74, 6) is -5.12. The van der Waals surface area contributed by atoms with E-state index in [1.807, 2.05) is 4.98 Å². The zero-order valence-electron chi connectivity index (χ0n) is 19.5. The fourth-order valence-corrected chi connectivity index (χ4v) is 5.04. The number of nitrogens with one attached hydrogen (secondary N) is 2. The van der Waals surface area contributed by atoms with Crippen molar-refractivity contribution in [2.24, 2.45) is 5.92 Å². The lowest BCUT2D eigenvalue weighted by Crippen LogP contribution is -2.43. The molecule has 1 saturated heterocycles. The maximum absolute atomic E-state index is 14.8. The van der Waals surface area contributed by atoms with Crippen molar-refractivity contribution in [1.29, 1.82) is 0 Å².